The molecule has 2 aromatic rings. The van der Waals surface area contributed by atoms with E-state index in [4.69, 9.17) is 4.74 Å². The molecule has 0 aliphatic heterocycles. The van der Waals surface area contributed by atoms with E-state index in [1.165, 1.54) is 5.56 Å². The molecule has 2 rings (SSSR count). The van der Waals surface area contributed by atoms with E-state index in [0.29, 0.717) is 16.9 Å². The van der Waals surface area contributed by atoms with Gasteiger partial charge in [0.15, 0.2) is 5.78 Å². The predicted octanol–water partition coefficient (Wildman–Crippen LogP) is 4.56. The van der Waals surface area contributed by atoms with Crippen molar-refractivity contribution in [3.05, 3.63) is 63.1 Å². The first-order valence-corrected chi connectivity index (χ1v) is 7.34. The molecule has 0 radical (unpaired) electrons. The lowest BCUT2D eigenvalue weighted by atomic mass is 9.97. The summed E-state index contributed by atoms with van der Waals surface area (Å²) in [6.45, 7) is 4.01. The average Bonchev–Trinajstić information content (AvgIpc) is 2.48. The molecule has 104 valence electrons. The first-order chi connectivity index (χ1) is 9.58. The van der Waals surface area contributed by atoms with Crippen molar-refractivity contribution in [3.8, 4) is 5.75 Å². The summed E-state index contributed by atoms with van der Waals surface area (Å²) >= 11 is 3.43. The summed E-state index contributed by atoms with van der Waals surface area (Å²) in [6, 6.07) is 11.5. The van der Waals surface area contributed by atoms with Gasteiger partial charge in [0.2, 0.25) is 0 Å². The molecule has 0 amide bonds. The molecule has 0 heterocycles. The lowest BCUT2D eigenvalue weighted by Gasteiger charge is -2.12. The zero-order valence-corrected chi connectivity index (χ0v) is 13.5. The lowest BCUT2D eigenvalue weighted by molar-refractivity contribution is 0.103. The molecule has 0 unspecified atom stereocenters. The predicted molar refractivity (Wildman–Crippen MR) is 84.7 cm³/mol. The zero-order chi connectivity index (χ0) is 14.7. The van der Waals surface area contributed by atoms with Crippen molar-refractivity contribution in [2.45, 2.75) is 20.3 Å². The number of carbonyl (C=O) groups excluding carboxylic acids is 1. The number of aryl methyl sites for hydroxylation is 2. The summed E-state index contributed by atoms with van der Waals surface area (Å²) in [5, 5.41) is 0. The number of rotatable bonds is 4. The van der Waals surface area contributed by atoms with Gasteiger partial charge in [0.05, 0.1) is 17.1 Å². The molecule has 0 aliphatic carbocycles. The van der Waals surface area contributed by atoms with Gasteiger partial charge in [-0.3, -0.25) is 4.79 Å². The number of carbonyl (C=O) groups is 1. The number of ether oxygens (including phenoxy) is 1. The molecule has 0 aromatic heterocycles. The molecular weight excluding hydrogens is 316 g/mol. The highest BCUT2D eigenvalue weighted by Gasteiger charge is 2.19. The first-order valence-electron chi connectivity index (χ1n) is 6.55. The van der Waals surface area contributed by atoms with Gasteiger partial charge in [-0.1, -0.05) is 37.3 Å². The highest BCUT2D eigenvalue weighted by Crippen LogP contribution is 2.33. The standard InChI is InChI=1S/C17H17BrO2/c1-4-12-6-8-13(9-7-12)16(19)15-11(2)5-10-14(18)17(15)20-3/h5-10H,4H2,1-3H3. The van der Waals surface area contributed by atoms with Crippen LogP contribution in [-0.2, 0) is 6.42 Å². The molecule has 0 N–H and O–H groups in total. The maximum Gasteiger partial charge on any atom is 0.197 e. The number of benzene rings is 2. The van der Waals surface area contributed by atoms with Gasteiger partial charge in [-0.25, -0.2) is 0 Å². The molecular formula is C17H17BrO2. The third kappa shape index (κ3) is 2.78. The Kier molecular flexibility index (Phi) is 4.61. The molecule has 0 saturated carbocycles. The Morgan fingerprint density at radius 2 is 1.80 bits per heavy atom. The van der Waals surface area contributed by atoms with Crippen LogP contribution in [0, 0.1) is 6.92 Å². The number of methoxy groups -OCH3 is 1. The molecule has 0 aliphatic rings. The average molecular weight is 333 g/mol. The molecule has 0 atom stereocenters. The van der Waals surface area contributed by atoms with Crippen molar-refractivity contribution in [2.24, 2.45) is 0 Å². The molecule has 0 spiro atoms. The SMILES string of the molecule is CCc1ccc(C(=O)c2c(C)ccc(Br)c2OC)cc1. The number of hydrogen-bond donors (Lipinski definition) is 0. The summed E-state index contributed by atoms with van der Waals surface area (Å²) in [5.41, 5.74) is 3.43. The van der Waals surface area contributed by atoms with Gasteiger partial charge in [0.1, 0.15) is 5.75 Å². The van der Waals surface area contributed by atoms with Crippen LogP contribution in [0.2, 0.25) is 0 Å². The summed E-state index contributed by atoms with van der Waals surface area (Å²) < 4.78 is 6.17. The van der Waals surface area contributed by atoms with Crippen molar-refractivity contribution < 1.29 is 9.53 Å². The second-order valence-electron chi connectivity index (χ2n) is 4.65. The maximum absolute atomic E-state index is 12.7. The van der Waals surface area contributed by atoms with Crippen molar-refractivity contribution in [1.29, 1.82) is 0 Å². The third-order valence-corrected chi connectivity index (χ3v) is 4.00. The van der Waals surface area contributed by atoms with E-state index in [-0.39, 0.29) is 5.78 Å². The fourth-order valence-electron chi connectivity index (χ4n) is 2.17. The van der Waals surface area contributed by atoms with Crippen LogP contribution in [0.15, 0.2) is 40.9 Å². The third-order valence-electron chi connectivity index (χ3n) is 3.37. The van der Waals surface area contributed by atoms with Crippen LogP contribution in [0.4, 0.5) is 0 Å². The Balaban J connectivity index is 2.49. The van der Waals surface area contributed by atoms with E-state index in [2.05, 4.69) is 22.9 Å². The quantitative estimate of drug-likeness (QED) is 0.767. The Morgan fingerprint density at radius 3 is 2.35 bits per heavy atom. The molecule has 0 saturated heterocycles. The highest BCUT2D eigenvalue weighted by atomic mass is 79.9. The van der Waals surface area contributed by atoms with Crippen LogP contribution in [0.1, 0.15) is 34.0 Å². The second kappa shape index (κ2) is 6.23. The van der Waals surface area contributed by atoms with E-state index < -0.39 is 0 Å². The van der Waals surface area contributed by atoms with Gasteiger partial charge in [-0.05, 0) is 46.5 Å². The smallest absolute Gasteiger partial charge is 0.197 e. The molecule has 2 aromatic carbocycles. The van der Waals surface area contributed by atoms with Gasteiger partial charge in [0, 0.05) is 5.56 Å². The monoisotopic (exact) mass is 332 g/mol. The maximum atomic E-state index is 12.7. The number of ketones is 1. The minimum absolute atomic E-state index is 0.0108. The van der Waals surface area contributed by atoms with Crippen molar-refractivity contribution in [2.75, 3.05) is 7.11 Å². The Morgan fingerprint density at radius 1 is 1.15 bits per heavy atom. The van der Waals surface area contributed by atoms with E-state index >= 15 is 0 Å². The minimum atomic E-state index is -0.0108. The normalized spacial score (nSPS) is 10.4. The van der Waals surface area contributed by atoms with Gasteiger partial charge in [0.25, 0.3) is 0 Å². The van der Waals surface area contributed by atoms with Crippen molar-refractivity contribution in [1.82, 2.24) is 0 Å². The van der Waals surface area contributed by atoms with Gasteiger partial charge >= 0.3 is 0 Å². The molecule has 3 heteroatoms. The summed E-state index contributed by atoms with van der Waals surface area (Å²) in [6.07, 6.45) is 0.966. The van der Waals surface area contributed by atoms with Gasteiger partial charge in [-0.15, -0.1) is 0 Å². The van der Waals surface area contributed by atoms with E-state index in [9.17, 15) is 4.79 Å². The topological polar surface area (TPSA) is 26.3 Å². The molecule has 20 heavy (non-hydrogen) atoms. The second-order valence-corrected chi connectivity index (χ2v) is 5.51. The van der Waals surface area contributed by atoms with Gasteiger partial charge < -0.3 is 4.74 Å². The number of halogens is 1. The summed E-state index contributed by atoms with van der Waals surface area (Å²) in [5.74, 6) is 0.581. The zero-order valence-electron chi connectivity index (χ0n) is 11.9. The van der Waals surface area contributed by atoms with E-state index in [1.807, 2.05) is 43.3 Å². The molecule has 0 fully saturated rings. The first kappa shape index (κ1) is 14.8. The molecule has 2 nitrogen and oxygen atoms in total. The fraction of sp³-hybridized carbons (Fsp3) is 0.235. The molecule has 0 bridgehead atoms. The Bertz CT molecular complexity index is 630. The van der Waals surface area contributed by atoms with Crippen LogP contribution < -0.4 is 4.74 Å². The summed E-state index contributed by atoms with van der Waals surface area (Å²) in [7, 11) is 1.58. The van der Waals surface area contributed by atoms with Gasteiger partial charge in [-0.2, -0.15) is 0 Å². The fourth-order valence-corrected chi connectivity index (χ4v) is 2.67. The number of hydrogen-bond acceptors (Lipinski definition) is 2. The van der Waals surface area contributed by atoms with Crippen LogP contribution in [-0.4, -0.2) is 12.9 Å². The summed E-state index contributed by atoms with van der Waals surface area (Å²) in [4.78, 5) is 12.7. The largest absolute Gasteiger partial charge is 0.495 e. The van der Waals surface area contributed by atoms with E-state index in [1.54, 1.807) is 7.11 Å². The van der Waals surface area contributed by atoms with Crippen LogP contribution in [0.5, 0.6) is 5.75 Å². The lowest BCUT2D eigenvalue weighted by Crippen LogP contribution is -2.07. The van der Waals surface area contributed by atoms with Crippen molar-refractivity contribution in [3.63, 3.8) is 0 Å². The van der Waals surface area contributed by atoms with E-state index in [0.717, 1.165) is 16.5 Å². The Labute approximate surface area is 127 Å². The van der Waals surface area contributed by atoms with Crippen LogP contribution in [0.3, 0.4) is 0 Å². The van der Waals surface area contributed by atoms with Crippen molar-refractivity contribution >= 4 is 21.7 Å². The highest BCUT2D eigenvalue weighted by molar-refractivity contribution is 9.10. The minimum Gasteiger partial charge on any atom is -0.495 e. The van der Waals surface area contributed by atoms with Crippen LogP contribution >= 0.6 is 15.9 Å². The van der Waals surface area contributed by atoms with Crippen LogP contribution in [0.25, 0.3) is 0 Å². The Hall–Kier alpha value is -1.61.